The molecule has 0 amide bonds. The van der Waals surface area contributed by atoms with Crippen molar-refractivity contribution in [1.82, 2.24) is 10.2 Å². The zero-order valence-corrected chi connectivity index (χ0v) is 8.94. The van der Waals surface area contributed by atoms with Crippen LogP contribution in [-0.2, 0) is 0 Å². The molecule has 1 unspecified atom stereocenters. The van der Waals surface area contributed by atoms with Crippen molar-refractivity contribution < 1.29 is 4.39 Å². The van der Waals surface area contributed by atoms with Gasteiger partial charge in [-0.05, 0) is 40.3 Å². The van der Waals surface area contributed by atoms with Crippen molar-refractivity contribution in [2.75, 3.05) is 26.7 Å². The zero-order chi connectivity index (χ0) is 9.90. The summed E-state index contributed by atoms with van der Waals surface area (Å²) in [7, 11) is 2.09. The first-order valence-corrected chi connectivity index (χ1v) is 5.09. The lowest BCUT2D eigenvalue weighted by molar-refractivity contribution is 0.157. The molecule has 1 N–H and O–H groups in total. The van der Waals surface area contributed by atoms with Gasteiger partial charge >= 0.3 is 0 Å². The van der Waals surface area contributed by atoms with Crippen LogP contribution in [0.25, 0.3) is 0 Å². The van der Waals surface area contributed by atoms with Crippen LogP contribution in [0.3, 0.4) is 0 Å². The van der Waals surface area contributed by atoms with Gasteiger partial charge in [0.15, 0.2) is 0 Å². The molecule has 1 aliphatic heterocycles. The van der Waals surface area contributed by atoms with Gasteiger partial charge in [0.25, 0.3) is 0 Å². The summed E-state index contributed by atoms with van der Waals surface area (Å²) in [6.07, 6.45) is 1.82. The van der Waals surface area contributed by atoms with E-state index < -0.39 is 5.67 Å². The Morgan fingerprint density at radius 1 is 1.54 bits per heavy atom. The lowest BCUT2D eigenvalue weighted by Crippen LogP contribution is -2.36. The zero-order valence-electron chi connectivity index (χ0n) is 8.94. The van der Waals surface area contributed by atoms with E-state index in [9.17, 15) is 4.39 Å². The van der Waals surface area contributed by atoms with E-state index in [0.717, 1.165) is 19.6 Å². The van der Waals surface area contributed by atoms with Crippen molar-refractivity contribution in [3.05, 3.63) is 0 Å². The minimum absolute atomic E-state index is 0.613. The van der Waals surface area contributed by atoms with Crippen molar-refractivity contribution >= 4 is 0 Å². The second-order valence-electron chi connectivity index (χ2n) is 4.60. The molecule has 1 rings (SSSR count). The van der Waals surface area contributed by atoms with Crippen LogP contribution in [0.15, 0.2) is 0 Å². The molecule has 0 spiro atoms. The molecular formula is C10H21FN2. The summed E-state index contributed by atoms with van der Waals surface area (Å²) in [6.45, 7) is 6.31. The first kappa shape index (κ1) is 10.9. The quantitative estimate of drug-likeness (QED) is 0.718. The summed E-state index contributed by atoms with van der Waals surface area (Å²) in [5.41, 5.74) is -1.03. The molecule has 0 bridgehead atoms. The molecule has 1 heterocycles. The molecule has 0 aromatic rings. The third kappa shape index (κ3) is 4.05. The minimum atomic E-state index is -1.03. The monoisotopic (exact) mass is 188 g/mol. The summed E-state index contributed by atoms with van der Waals surface area (Å²) in [5, 5.41) is 3.31. The van der Waals surface area contributed by atoms with Gasteiger partial charge < -0.3 is 10.2 Å². The van der Waals surface area contributed by atoms with E-state index in [1.807, 2.05) is 0 Å². The van der Waals surface area contributed by atoms with Crippen molar-refractivity contribution in [1.29, 1.82) is 0 Å². The topological polar surface area (TPSA) is 15.3 Å². The van der Waals surface area contributed by atoms with Gasteiger partial charge in [0, 0.05) is 19.1 Å². The van der Waals surface area contributed by atoms with Crippen molar-refractivity contribution in [3.8, 4) is 0 Å². The summed E-state index contributed by atoms with van der Waals surface area (Å²) < 4.78 is 13.2. The van der Waals surface area contributed by atoms with Crippen LogP contribution in [0.4, 0.5) is 4.39 Å². The van der Waals surface area contributed by atoms with E-state index in [1.165, 1.54) is 6.42 Å². The van der Waals surface area contributed by atoms with E-state index in [-0.39, 0.29) is 0 Å². The number of nitrogens with one attached hydrogen (secondary N) is 1. The maximum atomic E-state index is 13.2. The van der Waals surface area contributed by atoms with Crippen molar-refractivity contribution in [2.45, 2.75) is 38.4 Å². The van der Waals surface area contributed by atoms with Crippen molar-refractivity contribution in [3.63, 3.8) is 0 Å². The average molecular weight is 188 g/mol. The summed E-state index contributed by atoms with van der Waals surface area (Å²) in [5.74, 6) is 0. The fraction of sp³-hybridized carbons (Fsp3) is 1.00. The Kier molecular flexibility index (Phi) is 3.68. The molecule has 1 aliphatic rings. The molecule has 3 heteroatoms. The number of nitrogens with zero attached hydrogens (tertiary/aromatic N) is 1. The predicted molar refractivity (Wildman–Crippen MR) is 53.7 cm³/mol. The van der Waals surface area contributed by atoms with Crippen LogP contribution in [0.2, 0.25) is 0 Å². The van der Waals surface area contributed by atoms with Gasteiger partial charge in [-0.1, -0.05) is 0 Å². The largest absolute Gasteiger partial charge is 0.315 e. The lowest BCUT2D eigenvalue weighted by atomic mass is 10.1. The van der Waals surface area contributed by atoms with Gasteiger partial charge in [-0.15, -0.1) is 0 Å². The van der Waals surface area contributed by atoms with E-state index in [0.29, 0.717) is 12.5 Å². The molecule has 1 atom stereocenters. The maximum Gasteiger partial charge on any atom is 0.106 e. The van der Waals surface area contributed by atoms with E-state index in [2.05, 4.69) is 17.3 Å². The first-order chi connectivity index (χ1) is 5.99. The number of rotatable bonds is 4. The smallest absolute Gasteiger partial charge is 0.106 e. The SMILES string of the molecule is CN(CCC(C)(C)F)C1CCNC1. The summed E-state index contributed by atoms with van der Waals surface area (Å²) >= 11 is 0. The van der Waals surface area contributed by atoms with Gasteiger partial charge in [-0.25, -0.2) is 4.39 Å². The highest BCUT2D eigenvalue weighted by molar-refractivity contribution is 4.80. The van der Waals surface area contributed by atoms with Gasteiger partial charge in [0.1, 0.15) is 5.67 Å². The molecule has 1 fully saturated rings. The molecule has 0 aliphatic carbocycles. The molecule has 0 saturated carbocycles. The number of halogens is 1. The highest BCUT2D eigenvalue weighted by Crippen LogP contribution is 2.15. The normalized spacial score (nSPS) is 24.2. The second kappa shape index (κ2) is 4.38. The van der Waals surface area contributed by atoms with Crippen LogP contribution in [0.1, 0.15) is 26.7 Å². The predicted octanol–water partition coefficient (Wildman–Crippen LogP) is 1.42. The van der Waals surface area contributed by atoms with Gasteiger partial charge in [-0.2, -0.15) is 0 Å². The molecule has 1 saturated heterocycles. The Bertz CT molecular complexity index is 147. The number of hydrogen-bond donors (Lipinski definition) is 1. The third-order valence-electron chi connectivity index (χ3n) is 2.72. The van der Waals surface area contributed by atoms with Crippen LogP contribution in [-0.4, -0.2) is 43.3 Å². The minimum Gasteiger partial charge on any atom is -0.315 e. The molecular weight excluding hydrogens is 167 g/mol. The van der Waals surface area contributed by atoms with E-state index in [4.69, 9.17) is 0 Å². The van der Waals surface area contributed by atoms with Crippen LogP contribution >= 0.6 is 0 Å². The van der Waals surface area contributed by atoms with Gasteiger partial charge in [0.2, 0.25) is 0 Å². The molecule has 13 heavy (non-hydrogen) atoms. The Morgan fingerprint density at radius 2 is 2.23 bits per heavy atom. The first-order valence-electron chi connectivity index (χ1n) is 5.09. The van der Waals surface area contributed by atoms with E-state index >= 15 is 0 Å². The van der Waals surface area contributed by atoms with E-state index in [1.54, 1.807) is 13.8 Å². The summed E-state index contributed by atoms with van der Waals surface area (Å²) in [6, 6.07) is 0.613. The van der Waals surface area contributed by atoms with Crippen LogP contribution < -0.4 is 5.32 Å². The highest BCUT2D eigenvalue weighted by atomic mass is 19.1. The summed E-state index contributed by atoms with van der Waals surface area (Å²) in [4.78, 5) is 2.27. The van der Waals surface area contributed by atoms with Gasteiger partial charge in [0.05, 0.1) is 0 Å². The fourth-order valence-corrected chi connectivity index (χ4v) is 1.64. The Balaban J connectivity index is 2.20. The average Bonchev–Trinajstić information content (AvgIpc) is 2.50. The second-order valence-corrected chi connectivity index (χ2v) is 4.60. The molecule has 78 valence electrons. The molecule has 0 radical (unpaired) electrons. The van der Waals surface area contributed by atoms with Gasteiger partial charge in [-0.3, -0.25) is 0 Å². The van der Waals surface area contributed by atoms with Crippen molar-refractivity contribution in [2.24, 2.45) is 0 Å². The number of hydrogen-bond acceptors (Lipinski definition) is 2. The Labute approximate surface area is 80.5 Å². The van der Waals surface area contributed by atoms with Crippen LogP contribution in [0, 0.1) is 0 Å². The Hall–Kier alpha value is -0.150. The molecule has 0 aromatic heterocycles. The lowest BCUT2D eigenvalue weighted by Gasteiger charge is -2.25. The number of alkyl halides is 1. The highest BCUT2D eigenvalue weighted by Gasteiger charge is 2.22. The Morgan fingerprint density at radius 3 is 2.69 bits per heavy atom. The molecule has 2 nitrogen and oxygen atoms in total. The molecule has 0 aromatic carbocycles. The van der Waals surface area contributed by atoms with Crippen LogP contribution in [0.5, 0.6) is 0 Å². The number of likely N-dealkylation sites (N-methyl/N-ethyl adjacent to an activating group) is 1. The standard InChI is InChI=1S/C10H21FN2/c1-10(2,11)5-7-13(3)9-4-6-12-8-9/h9,12H,4-8H2,1-3H3. The fourth-order valence-electron chi connectivity index (χ4n) is 1.64. The maximum absolute atomic E-state index is 13.2. The third-order valence-corrected chi connectivity index (χ3v) is 2.72.